The number of aliphatic hydroxyl groups excluding tert-OH is 1. The van der Waals surface area contributed by atoms with Crippen molar-refractivity contribution in [3.63, 3.8) is 0 Å². The maximum Gasteiger partial charge on any atom is 0.342 e. The fourth-order valence-corrected chi connectivity index (χ4v) is 8.58. The van der Waals surface area contributed by atoms with Crippen LogP contribution in [0.3, 0.4) is 0 Å². The molecule has 7 atom stereocenters. The summed E-state index contributed by atoms with van der Waals surface area (Å²) in [6, 6.07) is 6.61. The summed E-state index contributed by atoms with van der Waals surface area (Å²) in [7, 11) is 1.45. The first-order valence-corrected chi connectivity index (χ1v) is 14.7. The van der Waals surface area contributed by atoms with Gasteiger partial charge in [-0.3, -0.25) is 14.4 Å². The summed E-state index contributed by atoms with van der Waals surface area (Å²) in [4.78, 5) is 52.2. The van der Waals surface area contributed by atoms with Gasteiger partial charge in [-0.05, 0) is 74.6 Å². The lowest BCUT2D eigenvalue weighted by Crippen LogP contribution is -2.63. The molecule has 0 unspecified atom stereocenters. The molecule has 41 heavy (non-hydrogen) atoms. The predicted molar refractivity (Wildman–Crippen MR) is 150 cm³/mol. The smallest absolute Gasteiger partial charge is 0.342 e. The molecule has 0 saturated heterocycles. The van der Waals surface area contributed by atoms with Crippen LogP contribution >= 0.6 is 0 Å². The third-order valence-electron chi connectivity index (χ3n) is 10.5. The summed E-state index contributed by atoms with van der Waals surface area (Å²) in [6.45, 7) is 5.36. The van der Waals surface area contributed by atoms with Crippen molar-refractivity contribution < 1.29 is 38.5 Å². The number of aliphatic hydroxyl groups is 1. The molecule has 0 aromatic heterocycles. The van der Waals surface area contributed by atoms with Crippen molar-refractivity contribution in [3.05, 3.63) is 53.6 Å². The number of ketones is 2. The second-order valence-corrected chi connectivity index (χ2v) is 12.5. The van der Waals surface area contributed by atoms with Crippen LogP contribution in [0.5, 0.6) is 5.75 Å². The zero-order valence-corrected chi connectivity index (χ0v) is 24.3. The molecule has 4 aliphatic rings. The van der Waals surface area contributed by atoms with Gasteiger partial charge in [-0.1, -0.05) is 44.6 Å². The number of carbonyl (C=O) groups excluding carboxylic acids is 4. The summed E-state index contributed by atoms with van der Waals surface area (Å²) in [5.41, 5.74) is -1.57. The fourth-order valence-electron chi connectivity index (χ4n) is 8.58. The van der Waals surface area contributed by atoms with Gasteiger partial charge in [0.25, 0.3) is 0 Å². The number of hydrogen-bond donors (Lipinski definition) is 1. The van der Waals surface area contributed by atoms with Crippen LogP contribution in [-0.4, -0.2) is 54.0 Å². The van der Waals surface area contributed by atoms with Crippen molar-refractivity contribution in [2.24, 2.45) is 28.6 Å². The Kier molecular flexibility index (Phi) is 7.74. The van der Waals surface area contributed by atoms with E-state index in [2.05, 4.69) is 6.92 Å². The highest BCUT2D eigenvalue weighted by molar-refractivity contribution is 6.01. The first-order chi connectivity index (χ1) is 19.5. The van der Waals surface area contributed by atoms with Gasteiger partial charge in [0, 0.05) is 23.2 Å². The number of ether oxygens (including phenoxy) is 3. The normalized spacial score (nSPS) is 35.4. The lowest BCUT2D eigenvalue weighted by Gasteiger charge is -2.59. The van der Waals surface area contributed by atoms with Crippen LogP contribution in [-0.2, 0) is 23.9 Å². The number of allylic oxidation sites excluding steroid dienone is 4. The van der Waals surface area contributed by atoms with Crippen molar-refractivity contribution in [1.29, 1.82) is 0 Å². The van der Waals surface area contributed by atoms with Gasteiger partial charge in [-0.2, -0.15) is 0 Å². The van der Waals surface area contributed by atoms with Crippen molar-refractivity contribution in [2.45, 2.75) is 77.4 Å². The van der Waals surface area contributed by atoms with Gasteiger partial charge in [0.05, 0.1) is 13.2 Å². The number of benzene rings is 1. The SMILES string of the molecule is CCCC(=O)O[C@@]1(C(=O)COC(=O)c2ccccc2OC)CC[C@H]2[C@@H]3CCC4=CC(=O)C=C[C@]4(C)[C@H]3[C@@H](O)C[C@@]21C. The molecule has 0 heterocycles. The molecule has 0 radical (unpaired) electrons. The Bertz CT molecular complexity index is 1310. The lowest BCUT2D eigenvalue weighted by molar-refractivity contribution is -0.200. The molecule has 8 nitrogen and oxygen atoms in total. The van der Waals surface area contributed by atoms with Crippen molar-refractivity contribution in [2.75, 3.05) is 13.7 Å². The first kappa shape index (κ1) is 29.2. The zero-order valence-electron chi connectivity index (χ0n) is 24.3. The molecule has 1 aromatic rings. The highest BCUT2D eigenvalue weighted by Gasteiger charge is 2.70. The largest absolute Gasteiger partial charge is 0.496 e. The van der Waals surface area contributed by atoms with Gasteiger partial charge >= 0.3 is 11.9 Å². The number of para-hydroxylation sites is 1. The minimum Gasteiger partial charge on any atom is -0.496 e. The molecular weight excluding hydrogens is 524 g/mol. The van der Waals surface area contributed by atoms with Gasteiger partial charge in [-0.15, -0.1) is 0 Å². The van der Waals surface area contributed by atoms with Crippen LogP contribution in [0.1, 0.15) is 76.1 Å². The van der Waals surface area contributed by atoms with E-state index in [0.29, 0.717) is 25.0 Å². The Morgan fingerprint density at radius 2 is 1.88 bits per heavy atom. The minimum absolute atomic E-state index is 0.00333. The molecule has 3 saturated carbocycles. The summed E-state index contributed by atoms with van der Waals surface area (Å²) < 4.78 is 16.9. The summed E-state index contributed by atoms with van der Waals surface area (Å²) in [5, 5.41) is 11.8. The third kappa shape index (κ3) is 4.64. The zero-order chi connectivity index (χ0) is 29.6. The maximum absolute atomic E-state index is 14.1. The standard InChI is InChI=1S/C33H40O8/c1-5-8-28(37)41-33(27(36)19-40-30(38)23-9-6-7-10-26(23)39-4)16-14-24-22-12-11-20-17-21(34)13-15-31(20,2)29(22)25(35)18-32(24,33)3/h6-7,9-10,13,15,17,22,24-25,29,35H,5,8,11-12,14,16,18-19H2,1-4H3/t22-,24-,25-,29+,31-,32-,33+/m0/s1. The Morgan fingerprint density at radius 1 is 1.12 bits per heavy atom. The van der Waals surface area contributed by atoms with Crippen LogP contribution in [0.2, 0.25) is 0 Å². The predicted octanol–water partition coefficient (Wildman–Crippen LogP) is 4.78. The van der Waals surface area contributed by atoms with Crippen LogP contribution in [0.4, 0.5) is 0 Å². The Balaban J connectivity index is 1.45. The van der Waals surface area contributed by atoms with Gasteiger partial charge < -0.3 is 19.3 Å². The molecule has 1 aromatic carbocycles. The molecule has 0 amide bonds. The average molecular weight is 565 g/mol. The molecule has 5 rings (SSSR count). The Labute approximate surface area is 241 Å². The summed E-state index contributed by atoms with van der Waals surface area (Å²) >= 11 is 0. The van der Waals surface area contributed by atoms with E-state index in [9.17, 15) is 24.3 Å². The van der Waals surface area contributed by atoms with Gasteiger partial charge in [0.1, 0.15) is 11.3 Å². The number of esters is 2. The fraction of sp³-hybridized carbons (Fsp3) is 0.576. The number of methoxy groups -OCH3 is 1. The lowest BCUT2D eigenvalue weighted by atomic mass is 9.46. The Morgan fingerprint density at radius 3 is 2.61 bits per heavy atom. The van der Waals surface area contributed by atoms with E-state index in [0.717, 1.165) is 18.4 Å². The highest BCUT2D eigenvalue weighted by Crippen LogP contribution is 2.68. The molecule has 0 aliphatic heterocycles. The molecule has 220 valence electrons. The maximum atomic E-state index is 14.1. The molecule has 3 fully saturated rings. The molecule has 4 aliphatic carbocycles. The molecule has 8 heteroatoms. The van der Waals surface area contributed by atoms with Crippen LogP contribution in [0, 0.1) is 28.6 Å². The van der Waals surface area contributed by atoms with E-state index in [1.807, 2.05) is 19.9 Å². The Hall–Kier alpha value is -3.26. The van der Waals surface area contributed by atoms with Gasteiger partial charge in [0.15, 0.2) is 18.0 Å². The second kappa shape index (κ2) is 10.9. The van der Waals surface area contributed by atoms with Crippen LogP contribution in [0.15, 0.2) is 48.1 Å². The second-order valence-electron chi connectivity index (χ2n) is 12.5. The topological polar surface area (TPSA) is 116 Å². The highest BCUT2D eigenvalue weighted by atomic mass is 16.6. The minimum atomic E-state index is -1.52. The van der Waals surface area contributed by atoms with Crippen LogP contribution in [0.25, 0.3) is 0 Å². The number of Topliss-reactive ketones (excluding diaryl/α,β-unsaturated/α-hetero) is 1. The summed E-state index contributed by atoms with van der Waals surface area (Å²) in [5.74, 6) is -1.37. The molecule has 0 bridgehead atoms. The third-order valence-corrected chi connectivity index (χ3v) is 10.5. The average Bonchev–Trinajstić information content (AvgIpc) is 3.23. The van der Waals surface area contributed by atoms with E-state index in [4.69, 9.17) is 14.2 Å². The number of fused-ring (bicyclic) bond motifs is 5. The number of hydrogen-bond acceptors (Lipinski definition) is 8. The summed E-state index contributed by atoms with van der Waals surface area (Å²) in [6.07, 6.45) is 7.92. The van der Waals surface area contributed by atoms with E-state index in [1.165, 1.54) is 7.11 Å². The monoisotopic (exact) mass is 564 g/mol. The van der Waals surface area contributed by atoms with E-state index in [1.54, 1.807) is 36.4 Å². The van der Waals surface area contributed by atoms with E-state index < -0.39 is 46.9 Å². The van der Waals surface area contributed by atoms with E-state index >= 15 is 0 Å². The van der Waals surface area contributed by atoms with Crippen LogP contribution < -0.4 is 4.74 Å². The number of rotatable bonds is 8. The molecular formula is C33H40O8. The molecule has 0 spiro atoms. The van der Waals surface area contributed by atoms with Crippen molar-refractivity contribution in [3.8, 4) is 5.75 Å². The van der Waals surface area contributed by atoms with E-state index in [-0.39, 0.29) is 41.9 Å². The van der Waals surface area contributed by atoms with Gasteiger partial charge in [-0.25, -0.2) is 4.79 Å². The van der Waals surface area contributed by atoms with Crippen molar-refractivity contribution in [1.82, 2.24) is 0 Å². The van der Waals surface area contributed by atoms with Gasteiger partial charge in [0.2, 0.25) is 5.78 Å². The molecule has 1 N–H and O–H groups in total. The first-order valence-electron chi connectivity index (χ1n) is 14.7. The van der Waals surface area contributed by atoms with Crippen molar-refractivity contribution >= 4 is 23.5 Å². The quantitative estimate of drug-likeness (QED) is 0.449. The number of carbonyl (C=O) groups is 4.